The zero-order valence-corrected chi connectivity index (χ0v) is 11.2. The van der Waals surface area contributed by atoms with Crippen LogP contribution in [0.4, 0.5) is 0 Å². The minimum absolute atomic E-state index is 0.176. The van der Waals surface area contributed by atoms with E-state index in [1.165, 1.54) is 0 Å². The van der Waals surface area contributed by atoms with Crippen LogP contribution in [0.5, 0.6) is 0 Å². The van der Waals surface area contributed by atoms with Crippen LogP contribution in [0.3, 0.4) is 0 Å². The van der Waals surface area contributed by atoms with Crippen molar-refractivity contribution in [2.75, 3.05) is 0 Å². The summed E-state index contributed by atoms with van der Waals surface area (Å²) < 4.78 is 1.77. The number of rotatable bonds is 3. The van der Waals surface area contributed by atoms with Gasteiger partial charge in [0.05, 0.1) is 17.4 Å². The third-order valence-electron chi connectivity index (χ3n) is 4.12. The van der Waals surface area contributed by atoms with Gasteiger partial charge < -0.3 is 0 Å². The van der Waals surface area contributed by atoms with Gasteiger partial charge >= 0.3 is 0 Å². The molecule has 3 rings (SSSR count). The summed E-state index contributed by atoms with van der Waals surface area (Å²) in [5.74, 6) is 0.243. The average molecular weight is 254 g/mol. The summed E-state index contributed by atoms with van der Waals surface area (Å²) in [6, 6.07) is 9.88. The van der Waals surface area contributed by atoms with E-state index in [1.807, 2.05) is 36.5 Å². The second kappa shape index (κ2) is 4.65. The normalized spacial score (nSPS) is 17.5. The maximum absolute atomic E-state index is 12.6. The molecular weight excluding hydrogens is 236 g/mol. The molecule has 0 spiro atoms. The molecule has 0 bridgehead atoms. The Hall–Kier alpha value is -1.90. The standard InChI is InChI=1S/C16H18N2O/c1-16(9-5-6-10-16)15(19)13-11-17-18(12-13)14-7-3-2-4-8-14/h2-4,7-8,11-12H,5-6,9-10H2,1H3. The highest BCUT2D eigenvalue weighted by Crippen LogP contribution is 2.40. The van der Waals surface area contributed by atoms with Crippen LogP contribution in [0.1, 0.15) is 43.0 Å². The van der Waals surface area contributed by atoms with Crippen molar-refractivity contribution in [1.29, 1.82) is 0 Å². The fourth-order valence-corrected chi connectivity index (χ4v) is 2.89. The lowest BCUT2D eigenvalue weighted by Gasteiger charge is -2.20. The van der Waals surface area contributed by atoms with Crippen LogP contribution in [0, 0.1) is 5.41 Å². The van der Waals surface area contributed by atoms with E-state index in [0.717, 1.165) is 36.9 Å². The van der Waals surface area contributed by atoms with E-state index in [0.29, 0.717) is 0 Å². The number of ketones is 1. The van der Waals surface area contributed by atoms with E-state index in [2.05, 4.69) is 12.0 Å². The van der Waals surface area contributed by atoms with Crippen molar-refractivity contribution < 1.29 is 4.79 Å². The average Bonchev–Trinajstić information content (AvgIpc) is 3.09. The minimum atomic E-state index is -0.176. The predicted molar refractivity (Wildman–Crippen MR) is 74.5 cm³/mol. The van der Waals surface area contributed by atoms with Gasteiger partial charge in [-0.3, -0.25) is 4.79 Å². The Kier molecular flexibility index (Phi) is 2.97. The number of nitrogens with zero attached hydrogens (tertiary/aromatic N) is 2. The van der Waals surface area contributed by atoms with Crippen molar-refractivity contribution in [3.8, 4) is 5.69 Å². The van der Waals surface area contributed by atoms with Gasteiger partial charge in [-0.1, -0.05) is 38.0 Å². The largest absolute Gasteiger partial charge is 0.293 e. The van der Waals surface area contributed by atoms with Crippen molar-refractivity contribution in [3.63, 3.8) is 0 Å². The Morgan fingerprint density at radius 1 is 1.21 bits per heavy atom. The molecule has 3 nitrogen and oxygen atoms in total. The Bertz CT molecular complexity index is 580. The van der Waals surface area contributed by atoms with Gasteiger partial charge in [-0.15, -0.1) is 0 Å². The third kappa shape index (κ3) is 2.21. The van der Waals surface area contributed by atoms with Gasteiger partial charge in [0.15, 0.2) is 5.78 Å². The zero-order valence-electron chi connectivity index (χ0n) is 11.2. The van der Waals surface area contributed by atoms with Crippen LogP contribution in [0.15, 0.2) is 42.7 Å². The summed E-state index contributed by atoms with van der Waals surface area (Å²) in [6.07, 6.45) is 7.87. The van der Waals surface area contributed by atoms with Crippen LogP contribution in [-0.4, -0.2) is 15.6 Å². The molecule has 2 aromatic rings. The van der Waals surface area contributed by atoms with Crippen LogP contribution in [0.25, 0.3) is 5.69 Å². The van der Waals surface area contributed by atoms with E-state index >= 15 is 0 Å². The predicted octanol–water partition coefficient (Wildman–Crippen LogP) is 3.64. The Labute approximate surface area is 113 Å². The van der Waals surface area contributed by atoms with E-state index in [4.69, 9.17) is 0 Å². The van der Waals surface area contributed by atoms with Gasteiger partial charge in [0, 0.05) is 11.6 Å². The van der Waals surface area contributed by atoms with E-state index in [-0.39, 0.29) is 11.2 Å². The van der Waals surface area contributed by atoms with Gasteiger partial charge in [-0.25, -0.2) is 4.68 Å². The molecule has 0 aliphatic heterocycles. The molecule has 1 aromatic heterocycles. The number of para-hydroxylation sites is 1. The Morgan fingerprint density at radius 2 is 1.89 bits per heavy atom. The summed E-state index contributed by atoms with van der Waals surface area (Å²) in [7, 11) is 0. The second-order valence-corrected chi connectivity index (χ2v) is 5.61. The van der Waals surface area contributed by atoms with Gasteiger partial charge in [0.1, 0.15) is 0 Å². The molecule has 0 radical (unpaired) electrons. The van der Waals surface area contributed by atoms with Crippen molar-refractivity contribution in [1.82, 2.24) is 9.78 Å². The molecule has 0 unspecified atom stereocenters. The SMILES string of the molecule is CC1(C(=O)c2cnn(-c3ccccc3)c2)CCCC1. The maximum atomic E-state index is 12.6. The molecule has 1 saturated carbocycles. The first-order valence-corrected chi connectivity index (χ1v) is 6.84. The number of carbonyl (C=O) groups excluding carboxylic acids is 1. The molecule has 0 atom stereocenters. The topological polar surface area (TPSA) is 34.9 Å². The highest BCUT2D eigenvalue weighted by atomic mass is 16.1. The number of benzene rings is 1. The lowest BCUT2D eigenvalue weighted by molar-refractivity contribution is 0.0823. The fourth-order valence-electron chi connectivity index (χ4n) is 2.89. The molecule has 0 saturated heterocycles. The fraction of sp³-hybridized carbons (Fsp3) is 0.375. The number of hydrogen-bond acceptors (Lipinski definition) is 2. The molecular formula is C16H18N2O. The first-order chi connectivity index (χ1) is 9.19. The summed E-state index contributed by atoms with van der Waals surface area (Å²) >= 11 is 0. The van der Waals surface area contributed by atoms with Crippen molar-refractivity contribution in [3.05, 3.63) is 48.3 Å². The van der Waals surface area contributed by atoms with Gasteiger partial charge in [0.25, 0.3) is 0 Å². The third-order valence-corrected chi connectivity index (χ3v) is 4.12. The molecule has 98 valence electrons. The van der Waals surface area contributed by atoms with Gasteiger partial charge in [-0.05, 0) is 25.0 Å². The molecule has 1 aromatic carbocycles. The van der Waals surface area contributed by atoms with Crippen LogP contribution in [0.2, 0.25) is 0 Å². The molecule has 1 aliphatic rings. The van der Waals surface area contributed by atoms with Crippen molar-refractivity contribution in [2.24, 2.45) is 5.41 Å². The monoisotopic (exact) mass is 254 g/mol. The quantitative estimate of drug-likeness (QED) is 0.784. The van der Waals surface area contributed by atoms with Gasteiger partial charge in [-0.2, -0.15) is 5.10 Å². The smallest absolute Gasteiger partial charge is 0.171 e. The zero-order chi connectivity index (χ0) is 13.3. The number of carbonyl (C=O) groups is 1. The van der Waals surface area contributed by atoms with Crippen molar-refractivity contribution >= 4 is 5.78 Å². The molecule has 0 amide bonds. The highest BCUT2D eigenvalue weighted by Gasteiger charge is 2.37. The van der Waals surface area contributed by atoms with Crippen LogP contribution < -0.4 is 0 Å². The number of aromatic nitrogens is 2. The molecule has 1 fully saturated rings. The molecule has 3 heteroatoms. The molecule has 1 aliphatic carbocycles. The first kappa shape index (κ1) is 12.2. The van der Waals surface area contributed by atoms with Crippen LogP contribution in [-0.2, 0) is 0 Å². The second-order valence-electron chi connectivity index (χ2n) is 5.61. The first-order valence-electron chi connectivity index (χ1n) is 6.84. The molecule has 0 N–H and O–H groups in total. The van der Waals surface area contributed by atoms with E-state index in [1.54, 1.807) is 10.9 Å². The lowest BCUT2D eigenvalue weighted by Crippen LogP contribution is -2.23. The summed E-state index contributed by atoms with van der Waals surface area (Å²) in [6.45, 7) is 2.09. The van der Waals surface area contributed by atoms with Gasteiger partial charge in [0.2, 0.25) is 0 Å². The summed E-state index contributed by atoms with van der Waals surface area (Å²) in [4.78, 5) is 12.6. The van der Waals surface area contributed by atoms with Crippen molar-refractivity contribution in [2.45, 2.75) is 32.6 Å². The Balaban J connectivity index is 1.88. The maximum Gasteiger partial charge on any atom is 0.171 e. The Morgan fingerprint density at radius 3 is 2.58 bits per heavy atom. The minimum Gasteiger partial charge on any atom is -0.293 e. The summed E-state index contributed by atoms with van der Waals surface area (Å²) in [5, 5.41) is 4.31. The van der Waals surface area contributed by atoms with E-state index < -0.39 is 0 Å². The number of hydrogen-bond donors (Lipinski definition) is 0. The lowest BCUT2D eigenvalue weighted by atomic mass is 9.82. The van der Waals surface area contributed by atoms with E-state index in [9.17, 15) is 4.79 Å². The molecule has 19 heavy (non-hydrogen) atoms. The number of Topliss-reactive ketones (excluding diaryl/α,β-unsaturated/α-hetero) is 1. The molecule has 1 heterocycles. The summed E-state index contributed by atoms with van der Waals surface area (Å²) in [5.41, 5.74) is 1.54. The highest BCUT2D eigenvalue weighted by molar-refractivity contribution is 6.00. The van der Waals surface area contributed by atoms with Crippen LogP contribution >= 0.6 is 0 Å².